The van der Waals surface area contributed by atoms with Gasteiger partial charge in [-0.15, -0.1) is 0 Å². The lowest BCUT2D eigenvalue weighted by atomic mass is 9.72. The second kappa shape index (κ2) is 11.5. The van der Waals surface area contributed by atoms with E-state index in [0.717, 1.165) is 50.0 Å². The summed E-state index contributed by atoms with van der Waals surface area (Å²) in [5.41, 5.74) is 15.3. The first-order valence-electron chi connectivity index (χ1n) is 17.4. The van der Waals surface area contributed by atoms with Crippen molar-refractivity contribution in [3.05, 3.63) is 193 Å². The molecule has 0 radical (unpaired) electrons. The summed E-state index contributed by atoms with van der Waals surface area (Å²) in [7, 11) is 0. The fourth-order valence-electron chi connectivity index (χ4n) is 8.08. The quantitative estimate of drug-likeness (QED) is 0.186. The first-order chi connectivity index (χ1) is 25.1. The zero-order chi connectivity index (χ0) is 33.9. The van der Waals surface area contributed by atoms with Gasteiger partial charge in [-0.25, -0.2) is 9.97 Å². The maximum atomic E-state index is 6.13. The van der Waals surface area contributed by atoms with Gasteiger partial charge in [-0.05, 0) is 76.2 Å². The van der Waals surface area contributed by atoms with Crippen molar-refractivity contribution in [2.75, 3.05) is 0 Å². The Morgan fingerprint density at radius 1 is 0.431 bits per heavy atom. The minimum atomic E-state index is -0.282. The normalized spacial score (nSPS) is 14.8. The van der Waals surface area contributed by atoms with E-state index in [0.29, 0.717) is 5.82 Å². The molecule has 240 valence electrons. The lowest BCUT2D eigenvalue weighted by Crippen LogP contribution is -2.23. The molecule has 2 aromatic heterocycles. The van der Waals surface area contributed by atoms with Gasteiger partial charge in [0.25, 0.3) is 0 Å². The first-order valence-corrected chi connectivity index (χ1v) is 17.4. The van der Waals surface area contributed by atoms with Crippen molar-refractivity contribution >= 4 is 21.9 Å². The molecule has 0 N–H and O–H groups in total. The van der Waals surface area contributed by atoms with Gasteiger partial charge in [0.2, 0.25) is 0 Å². The Balaban J connectivity index is 1.10. The van der Waals surface area contributed by atoms with Crippen LogP contribution < -0.4 is 0 Å². The van der Waals surface area contributed by atoms with Gasteiger partial charge in [0.15, 0.2) is 5.82 Å². The Hall–Kier alpha value is -6.58. The average Bonchev–Trinajstić information content (AvgIpc) is 3.71. The summed E-state index contributed by atoms with van der Waals surface area (Å²) < 4.78 is 6.13. The monoisotopic (exact) mass is 652 g/mol. The molecule has 2 heterocycles. The van der Waals surface area contributed by atoms with Crippen molar-refractivity contribution in [2.24, 2.45) is 0 Å². The van der Waals surface area contributed by atoms with Gasteiger partial charge in [0.1, 0.15) is 11.2 Å². The molecule has 3 nitrogen and oxygen atoms in total. The van der Waals surface area contributed by atoms with Crippen LogP contribution in [0.25, 0.3) is 78.1 Å². The molecule has 1 aliphatic carbocycles. The molecule has 10 rings (SSSR count). The van der Waals surface area contributed by atoms with Crippen molar-refractivity contribution in [3.63, 3.8) is 0 Å². The zero-order valence-corrected chi connectivity index (χ0v) is 28.0. The number of hydrogen-bond donors (Lipinski definition) is 0. The molecule has 0 saturated carbocycles. The van der Waals surface area contributed by atoms with Crippen LogP contribution in [0.3, 0.4) is 0 Å². The third kappa shape index (κ3) is 4.66. The molecule has 0 saturated heterocycles. The maximum absolute atomic E-state index is 6.13. The molecule has 1 atom stereocenters. The molecule has 51 heavy (non-hydrogen) atoms. The second-order valence-corrected chi connectivity index (χ2v) is 13.5. The predicted molar refractivity (Wildman–Crippen MR) is 208 cm³/mol. The largest absolute Gasteiger partial charge is 0.456 e. The third-order valence-electron chi connectivity index (χ3n) is 10.6. The molecule has 7 aromatic carbocycles. The lowest BCUT2D eigenvalue weighted by Gasteiger charge is -2.30. The van der Waals surface area contributed by atoms with E-state index in [9.17, 15) is 0 Å². The summed E-state index contributed by atoms with van der Waals surface area (Å²) in [4.78, 5) is 10.2. The summed E-state index contributed by atoms with van der Waals surface area (Å²) in [6.07, 6.45) is 0. The highest BCUT2D eigenvalue weighted by Gasteiger charge is 2.42. The van der Waals surface area contributed by atoms with Crippen LogP contribution in [0.1, 0.15) is 23.6 Å². The number of aromatic nitrogens is 2. The number of para-hydroxylation sites is 1. The van der Waals surface area contributed by atoms with Gasteiger partial charge in [-0.3, -0.25) is 0 Å². The van der Waals surface area contributed by atoms with Gasteiger partial charge in [-0.2, -0.15) is 0 Å². The molecule has 1 unspecified atom stereocenters. The van der Waals surface area contributed by atoms with E-state index < -0.39 is 0 Å². The van der Waals surface area contributed by atoms with Crippen LogP contribution >= 0.6 is 0 Å². The van der Waals surface area contributed by atoms with Gasteiger partial charge in [0, 0.05) is 32.9 Å². The van der Waals surface area contributed by atoms with E-state index >= 15 is 0 Å². The highest BCUT2D eigenvalue weighted by atomic mass is 16.3. The minimum Gasteiger partial charge on any atom is -0.456 e. The van der Waals surface area contributed by atoms with Crippen LogP contribution in [0.15, 0.2) is 180 Å². The van der Waals surface area contributed by atoms with E-state index in [2.05, 4.69) is 146 Å². The SMILES string of the molecule is CC1(c2ccccc2)c2ccccc2-c2cccc(-c3ccc(-c4cc(-c5ccc6oc7ccccc7c6c5)nc(-c5ccccc5)n4)cc3)c21. The van der Waals surface area contributed by atoms with Crippen molar-refractivity contribution in [3.8, 4) is 56.2 Å². The Morgan fingerprint density at radius 3 is 1.86 bits per heavy atom. The summed E-state index contributed by atoms with van der Waals surface area (Å²) in [6.45, 7) is 2.38. The number of hydrogen-bond acceptors (Lipinski definition) is 3. The number of nitrogens with zero attached hydrogens (tertiary/aromatic N) is 2. The predicted octanol–water partition coefficient (Wildman–Crippen LogP) is 12.4. The molecule has 0 aliphatic heterocycles. The van der Waals surface area contributed by atoms with Gasteiger partial charge in [-0.1, -0.05) is 146 Å². The van der Waals surface area contributed by atoms with Crippen molar-refractivity contribution < 1.29 is 4.42 Å². The fraction of sp³-hybridized carbons (Fsp3) is 0.0417. The Labute approximate surface area is 296 Å². The summed E-state index contributed by atoms with van der Waals surface area (Å²) >= 11 is 0. The number of rotatable bonds is 5. The van der Waals surface area contributed by atoms with Crippen LogP contribution in [0.5, 0.6) is 0 Å². The number of benzene rings is 7. The van der Waals surface area contributed by atoms with Gasteiger partial charge < -0.3 is 4.42 Å². The van der Waals surface area contributed by atoms with E-state index in [1.807, 2.05) is 36.4 Å². The van der Waals surface area contributed by atoms with Crippen LogP contribution in [0.2, 0.25) is 0 Å². The molecule has 9 aromatic rings. The smallest absolute Gasteiger partial charge is 0.160 e. The first kappa shape index (κ1) is 29.3. The maximum Gasteiger partial charge on any atom is 0.160 e. The molecule has 0 fully saturated rings. The highest BCUT2D eigenvalue weighted by molar-refractivity contribution is 6.06. The molecule has 3 heteroatoms. The van der Waals surface area contributed by atoms with Gasteiger partial charge >= 0.3 is 0 Å². The summed E-state index contributed by atoms with van der Waals surface area (Å²) in [6, 6.07) is 62.2. The van der Waals surface area contributed by atoms with Gasteiger partial charge in [0.05, 0.1) is 11.4 Å². The third-order valence-corrected chi connectivity index (χ3v) is 10.6. The second-order valence-electron chi connectivity index (χ2n) is 13.5. The summed E-state index contributed by atoms with van der Waals surface area (Å²) in [5, 5.41) is 2.18. The van der Waals surface area contributed by atoms with Crippen molar-refractivity contribution in [2.45, 2.75) is 12.3 Å². The van der Waals surface area contributed by atoms with Crippen molar-refractivity contribution in [1.82, 2.24) is 9.97 Å². The molecular weight excluding hydrogens is 621 g/mol. The minimum absolute atomic E-state index is 0.282. The number of fused-ring (bicyclic) bond motifs is 6. The Kier molecular flexibility index (Phi) is 6.62. The average molecular weight is 653 g/mol. The molecule has 1 aliphatic rings. The van der Waals surface area contributed by atoms with Crippen LogP contribution in [-0.2, 0) is 5.41 Å². The Morgan fingerprint density at radius 2 is 1.04 bits per heavy atom. The Bertz CT molecular complexity index is 2750. The molecule has 0 bridgehead atoms. The van der Waals surface area contributed by atoms with E-state index in [1.54, 1.807) is 0 Å². The highest BCUT2D eigenvalue weighted by Crippen LogP contribution is 2.55. The topological polar surface area (TPSA) is 38.9 Å². The molecule has 0 amide bonds. The van der Waals surface area contributed by atoms with Crippen LogP contribution in [0, 0.1) is 0 Å². The standard InChI is InChI=1S/C48H32N2O/c1-48(35-15-6-3-7-16-35)41-21-10-8-17-37(41)39-20-12-19-36(46(39)48)31-23-25-32(26-24-31)42-30-43(50-47(49-42)33-13-4-2-5-14-33)34-27-28-45-40(29-34)38-18-9-11-22-44(38)51-45/h2-30H,1H3. The number of furan rings is 1. The lowest BCUT2D eigenvalue weighted by molar-refractivity contribution is 0.669. The van der Waals surface area contributed by atoms with E-state index in [4.69, 9.17) is 14.4 Å². The fourth-order valence-corrected chi connectivity index (χ4v) is 8.08. The summed E-state index contributed by atoms with van der Waals surface area (Å²) in [5.74, 6) is 0.696. The van der Waals surface area contributed by atoms with Crippen LogP contribution in [0.4, 0.5) is 0 Å². The van der Waals surface area contributed by atoms with E-state index in [-0.39, 0.29) is 5.41 Å². The van der Waals surface area contributed by atoms with Crippen molar-refractivity contribution in [1.29, 1.82) is 0 Å². The molecular formula is C48H32N2O. The van der Waals surface area contributed by atoms with E-state index in [1.165, 1.54) is 38.9 Å². The van der Waals surface area contributed by atoms with Crippen LogP contribution in [-0.4, -0.2) is 9.97 Å². The zero-order valence-electron chi connectivity index (χ0n) is 28.0. The molecule has 0 spiro atoms.